The first-order valence-corrected chi connectivity index (χ1v) is 10.1. The summed E-state index contributed by atoms with van der Waals surface area (Å²) in [6.45, 7) is 0.229. The smallest absolute Gasteiger partial charge is 0.264 e. The number of amides is 3. The van der Waals surface area contributed by atoms with Crippen molar-refractivity contribution in [1.29, 1.82) is 0 Å². The molecule has 158 valence electrons. The summed E-state index contributed by atoms with van der Waals surface area (Å²) in [6, 6.07) is 3.79. The Hall–Kier alpha value is -2.19. The van der Waals surface area contributed by atoms with Crippen molar-refractivity contribution in [3.8, 4) is 0 Å². The highest BCUT2D eigenvalue weighted by Crippen LogP contribution is 2.33. The van der Waals surface area contributed by atoms with Crippen molar-refractivity contribution in [2.75, 3.05) is 13.6 Å². The molecule has 1 heterocycles. The Labute approximate surface area is 173 Å². The number of benzene rings is 1. The lowest BCUT2D eigenvalue weighted by Gasteiger charge is -2.34. The van der Waals surface area contributed by atoms with Crippen molar-refractivity contribution in [1.82, 2.24) is 15.5 Å². The molecule has 0 radical (unpaired) electrons. The molecular weight excluding hydrogens is 401 g/mol. The zero-order chi connectivity index (χ0) is 21.2. The second kappa shape index (κ2) is 8.67. The second-order valence-corrected chi connectivity index (χ2v) is 8.13. The van der Waals surface area contributed by atoms with Crippen molar-refractivity contribution in [3.05, 3.63) is 34.6 Å². The summed E-state index contributed by atoms with van der Waals surface area (Å²) in [5.41, 5.74) is -1.70. The first kappa shape index (κ1) is 21.5. The van der Waals surface area contributed by atoms with E-state index in [2.05, 4.69) is 10.6 Å². The fraction of sp³-hybridized carbons (Fsp3) is 0.550. The van der Waals surface area contributed by atoms with Crippen molar-refractivity contribution >= 4 is 29.3 Å². The van der Waals surface area contributed by atoms with Gasteiger partial charge < -0.3 is 20.6 Å². The van der Waals surface area contributed by atoms with Gasteiger partial charge in [0.15, 0.2) is 0 Å². The number of nitrogens with one attached hydrogen (secondary N) is 2. The molecule has 29 heavy (non-hydrogen) atoms. The lowest BCUT2D eigenvalue weighted by atomic mass is 9.85. The molecule has 3 amide bonds. The quantitative estimate of drug-likeness (QED) is 0.620. The Morgan fingerprint density at radius 3 is 2.59 bits per heavy atom. The molecule has 1 aliphatic carbocycles. The number of carbonyl (C=O) groups excluding carboxylic acids is 3. The average Bonchev–Trinajstić information content (AvgIpc) is 3.01. The summed E-state index contributed by atoms with van der Waals surface area (Å²) in [5.74, 6) is -2.00. The molecule has 1 aromatic carbocycles. The van der Waals surface area contributed by atoms with E-state index in [0.29, 0.717) is 31.2 Å². The van der Waals surface area contributed by atoms with Crippen LogP contribution in [0.1, 0.15) is 37.7 Å². The van der Waals surface area contributed by atoms with Gasteiger partial charge in [-0.15, -0.1) is 0 Å². The predicted molar refractivity (Wildman–Crippen MR) is 104 cm³/mol. The molecular formula is C20H25ClFN3O4. The van der Waals surface area contributed by atoms with Gasteiger partial charge in [0.05, 0.1) is 0 Å². The minimum Gasteiger partial charge on any atom is -0.372 e. The fourth-order valence-electron chi connectivity index (χ4n) is 4.18. The summed E-state index contributed by atoms with van der Waals surface area (Å²) >= 11 is 5.80. The highest BCUT2D eigenvalue weighted by molar-refractivity contribution is 6.30. The van der Waals surface area contributed by atoms with Crippen LogP contribution in [-0.4, -0.2) is 53.0 Å². The number of halogens is 2. The van der Waals surface area contributed by atoms with Crippen LogP contribution in [0.3, 0.4) is 0 Å². The Kier molecular flexibility index (Phi) is 6.43. The monoisotopic (exact) mass is 425 g/mol. The molecule has 0 bridgehead atoms. The maximum atomic E-state index is 13.4. The average molecular weight is 426 g/mol. The number of likely N-dealkylation sites (tertiary alicyclic amines) is 1. The van der Waals surface area contributed by atoms with Gasteiger partial charge in [0.2, 0.25) is 11.5 Å². The third-order valence-corrected chi connectivity index (χ3v) is 6.05. The summed E-state index contributed by atoms with van der Waals surface area (Å²) in [5, 5.41) is 16.1. The van der Waals surface area contributed by atoms with Crippen LogP contribution in [-0.2, 0) is 20.9 Å². The molecule has 9 heteroatoms. The van der Waals surface area contributed by atoms with Crippen molar-refractivity contribution in [2.24, 2.45) is 5.92 Å². The summed E-state index contributed by atoms with van der Waals surface area (Å²) in [6.07, 6.45) is 2.64. The van der Waals surface area contributed by atoms with Gasteiger partial charge >= 0.3 is 0 Å². The molecule has 3 N–H and O–H groups in total. The van der Waals surface area contributed by atoms with Crippen LogP contribution >= 0.6 is 11.6 Å². The van der Waals surface area contributed by atoms with E-state index in [1.54, 1.807) is 11.9 Å². The second-order valence-electron chi connectivity index (χ2n) is 7.69. The molecule has 1 unspecified atom stereocenters. The van der Waals surface area contributed by atoms with Gasteiger partial charge in [-0.05, 0) is 49.4 Å². The van der Waals surface area contributed by atoms with Gasteiger partial charge in [-0.2, -0.15) is 0 Å². The van der Waals surface area contributed by atoms with Crippen LogP contribution in [0.4, 0.5) is 4.39 Å². The Morgan fingerprint density at radius 1 is 1.28 bits per heavy atom. The van der Waals surface area contributed by atoms with Crippen LogP contribution in [0.2, 0.25) is 5.02 Å². The Bertz CT molecular complexity index is 793. The molecule has 1 aliphatic heterocycles. The normalized spacial score (nSPS) is 27.0. The van der Waals surface area contributed by atoms with Gasteiger partial charge in [0.1, 0.15) is 5.82 Å². The van der Waals surface area contributed by atoms with Gasteiger partial charge in [0.25, 0.3) is 11.8 Å². The topological polar surface area (TPSA) is 98.7 Å². The van der Waals surface area contributed by atoms with Gasteiger partial charge in [0, 0.05) is 43.5 Å². The first-order valence-electron chi connectivity index (χ1n) is 9.73. The highest BCUT2D eigenvalue weighted by atomic mass is 35.5. The van der Waals surface area contributed by atoms with E-state index in [1.807, 2.05) is 0 Å². The molecule has 2 fully saturated rings. The Balaban J connectivity index is 1.59. The molecule has 2 aliphatic rings. The number of hydrogen-bond donors (Lipinski definition) is 3. The SMILES string of the molecule is CNC(=O)[C@H]1CC[C@H](N2CCC(O)(C(=O)NCc3cc(F)cc(Cl)c3)C2=O)CC1. The molecule has 3 rings (SSSR count). The molecule has 0 aromatic heterocycles. The summed E-state index contributed by atoms with van der Waals surface area (Å²) in [4.78, 5) is 38.7. The van der Waals surface area contributed by atoms with E-state index < -0.39 is 23.2 Å². The maximum absolute atomic E-state index is 13.4. The Morgan fingerprint density at radius 2 is 1.97 bits per heavy atom. The third kappa shape index (κ3) is 4.53. The molecule has 1 saturated carbocycles. The predicted octanol–water partition coefficient (Wildman–Crippen LogP) is 1.36. The van der Waals surface area contributed by atoms with Crippen molar-refractivity contribution < 1.29 is 23.9 Å². The van der Waals surface area contributed by atoms with Crippen LogP contribution in [0.15, 0.2) is 18.2 Å². The largest absolute Gasteiger partial charge is 0.372 e. The molecule has 1 aromatic rings. The zero-order valence-electron chi connectivity index (χ0n) is 16.2. The van der Waals surface area contributed by atoms with Crippen LogP contribution in [0.25, 0.3) is 0 Å². The summed E-state index contributed by atoms with van der Waals surface area (Å²) < 4.78 is 13.4. The van der Waals surface area contributed by atoms with E-state index in [0.717, 1.165) is 6.07 Å². The number of aliphatic hydroxyl groups is 1. The van der Waals surface area contributed by atoms with Crippen LogP contribution in [0, 0.1) is 11.7 Å². The summed E-state index contributed by atoms with van der Waals surface area (Å²) in [7, 11) is 1.61. The third-order valence-electron chi connectivity index (χ3n) is 5.83. The van der Waals surface area contributed by atoms with E-state index in [9.17, 15) is 23.9 Å². The maximum Gasteiger partial charge on any atom is 0.264 e. The van der Waals surface area contributed by atoms with Gasteiger partial charge in [-0.1, -0.05) is 11.6 Å². The number of hydrogen-bond acceptors (Lipinski definition) is 4. The minimum atomic E-state index is -2.13. The minimum absolute atomic E-state index is 0.00303. The lowest BCUT2D eigenvalue weighted by Crippen LogP contribution is -2.54. The molecule has 1 saturated heterocycles. The van der Waals surface area contributed by atoms with Crippen LogP contribution < -0.4 is 10.6 Å². The zero-order valence-corrected chi connectivity index (χ0v) is 17.0. The van der Waals surface area contributed by atoms with Crippen LogP contribution in [0.5, 0.6) is 0 Å². The highest BCUT2D eigenvalue weighted by Gasteiger charge is 2.53. The van der Waals surface area contributed by atoms with E-state index in [4.69, 9.17) is 11.6 Å². The number of rotatable bonds is 5. The van der Waals surface area contributed by atoms with E-state index in [-0.39, 0.29) is 42.4 Å². The molecule has 0 spiro atoms. The molecule has 7 nitrogen and oxygen atoms in total. The lowest BCUT2D eigenvalue weighted by molar-refractivity contribution is -0.155. The van der Waals surface area contributed by atoms with E-state index >= 15 is 0 Å². The van der Waals surface area contributed by atoms with E-state index in [1.165, 1.54) is 12.1 Å². The standard InChI is InChI=1S/C20H25ClFN3O4/c1-23-17(26)13-2-4-16(5-3-13)25-7-6-20(29,19(25)28)18(27)24-11-12-8-14(21)10-15(22)9-12/h8-10,13,16,29H,2-7,11H2,1H3,(H,23,26)(H,24,27)/t13-,16-,20?. The van der Waals surface area contributed by atoms with Gasteiger partial charge in [-0.3, -0.25) is 14.4 Å². The fourth-order valence-corrected chi connectivity index (χ4v) is 4.43. The van der Waals surface area contributed by atoms with Crippen molar-refractivity contribution in [2.45, 2.75) is 50.3 Å². The van der Waals surface area contributed by atoms with Crippen molar-refractivity contribution in [3.63, 3.8) is 0 Å². The first-order chi connectivity index (χ1) is 13.7. The molecule has 1 atom stereocenters. The number of carbonyl (C=O) groups is 3. The number of nitrogens with zero attached hydrogens (tertiary/aromatic N) is 1. The van der Waals surface area contributed by atoms with Gasteiger partial charge in [-0.25, -0.2) is 4.39 Å².